The fraction of sp³-hybridized carbons (Fsp3) is 0. The van der Waals surface area contributed by atoms with E-state index in [-0.39, 0.29) is 217 Å². The number of carboxylic acids is 2. The number of hydrogen-bond acceptors (Lipinski definition) is 8. The zero-order chi connectivity index (χ0) is 18.1. The van der Waals surface area contributed by atoms with Gasteiger partial charge in [-0.1, -0.05) is 24.3 Å². The molecule has 0 unspecified atom stereocenters. The zero-order valence-electron chi connectivity index (χ0n) is 14.3. The van der Waals surface area contributed by atoms with Gasteiger partial charge in [0.15, 0.2) is 0 Å². The molecule has 0 aromatic heterocycles. The van der Waals surface area contributed by atoms with Crippen molar-refractivity contribution in [1.82, 2.24) is 0 Å². The van der Waals surface area contributed by atoms with Gasteiger partial charge in [-0.15, -0.1) is 0 Å². The summed E-state index contributed by atoms with van der Waals surface area (Å²) in [4.78, 5) is 66.5. The molecule has 4 N–H and O–H groups in total. The molecule has 0 saturated carbocycles. The Balaban J connectivity index is -0.0000000619. The maximum atomic E-state index is 10.3. The van der Waals surface area contributed by atoms with Gasteiger partial charge in [0.2, 0.25) is 0 Å². The summed E-state index contributed by atoms with van der Waals surface area (Å²) in [6.45, 7) is 0. The van der Waals surface area contributed by atoms with E-state index in [0.717, 1.165) is 12.1 Å². The second-order valence-electron chi connectivity index (χ2n) is 3.10. The number of hydrogen-bond donors (Lipinski definition) is 4. The molecule has 0 aliphatic rings. The number of phosphoric acid groups is 2. The summed E-state index contributed by atoms with van der Waals surface area (Å²) in [6, 6.07) is 5.14. The monoisotopic (exact) mass is 514 g/mol. The Bertz CT molecular complexity index is 545. The predicted molar refractivity (Wildman–Crippen MR) is 59.2 cm³/mol. The van der Waals surface area contributed by atoms with Crippen LogP contribution in [0.3, 0.4) is 0 Å². The van der Waals surface area contributed by atoms with E-state index >= 15 is 0 Å². The van der Waals surface area contributed by atoms with Crippen LogP contribution >= 0.6 is 15.6 Å². The molecule has 12 nitrogen and oxygen atoms in total. The molecule has 1 aromatic rings. The average Bonchev–Trinajstić information content (AvgIpc) is 2.24. The summed E-state index contributed by atoms with van der Waals surface area (Å²) in [7, 11) is -9.78. The molecule has 18 heteroatoms. The van der Waals surface area contributed by atoms with Gasteiger partial charge in [-0.2, -0.15) is 0 Å². The van der Waals surface area contributed by atoms with Crippen molar-refractivity contribution in [2.75, 3.05) is 0 Å². The normalized spacial score (nSPS) is 8.85. The predicted octanol–water partition coefficient (Wildman–Crippen LogP) is -16.7. The largest absolute Gasteiger partial charge is 1.00 e. The molecule has 0 heterocycles. The minimum absolute atomic E-state index is 0. The first-order valence-corrected chi connectivity index (χ1v) is 7.73. The van der Waals surface area contributed by atoms with Crippen LogP contribution in [-0.2, 0) is 9.13 Å². The third-order valence-corrected chi connectivity index (χ3v) is 1.37. The van der Waals surface area contributed by atoms with Crippen LogP contribution in [0.4, 0.5) is 0 Å². The van der Waals surface area contributed by atoms with Crippen molar-refractivity contribution < 1.29 is 264 Å². The molecule has 0 atom stereocenters. The molecule has 0 radical (unpaired) electrons. The van der Waals surface area contributed by atoms with Crippen LogP contribution < -0.4 is 226 Å². The molecule has 0 aliphatic heterocycles. The van der Waals surface area contributed by atoms with E-state index in [1.165, 1.54) is 12.1 Å². The summed E-state index contributed by atoms with van der Waals surface area (Å²) in [5, 5.41) is 20.6. The number of rotatable bonds is 2. The fourth-order valence-electron chi connectivity index (χ4n) is 0.839. The van der Waals surface area contributed by atoms with E-state index in [0.29, 0.717) is 0 Å². The topological polar surface area (TPSA) is 241 Å². The Labute approximate surface area is 318 Å². The Morgan fingerprint density at radius 1 is 0.692 bits per heavy atom. The third kappa shape index (κ3) is 39.4. The molecule has 0 aliphatic carbocycles. The van der Waals surface area contributed by atoms with E-state index in [1.807, 2.05) is 0 Å². The van der Waals surface area contributed by atoms with Crippen LogP contribution in [-0.4, -0.2) is 31.5 Å². The first-order chi connectivity index (χ1) is 9.63. The summed E-state index contributed by atoms with van der Waals surface area (Å²) in [5.41, 5.74) is -0.727. The van der Waals surface area contributed by atoms with Gasteiger partial charge in [0.25, 0.3) is 15.6 Å². The third-order valence-electron chi connectivity index (χ3n) is 1.37. The molecular weight excluding hydrogens is 506 g/mol. The second kappa shape index (κ2) is 23.1. The van der Waals surface area contributed by atoms with Crippen molar-refractivity contribution in [3.63, 3.8) is 0 Å². The number of benzene rings is 1. The second-order valence-corrected chi connectivity index (χ2v) is 5.06. The number of carbonyl (C=O) groups is 2. The van der Waals surface area contributed by atoms with Gasteiger partial charge in [0, 0.05) is 11.1 Å². The summed E-state index contributed by atoms with van der Waals surface area (Å²) in [6.07, 6.45) is 0. The van der Waals surface area contributed by atoms with Crippen LogP contribution in [0.5, 0.6) is 0 Å². The Morgan fingerprint density at radius 3 is 0.962 bits per heavy atom. The minimum atomic E-state index is -4.89. The summed E-state index contributed by atoms with van der Waals surface area (Å²) in [5.74, 6) is -3.04. The van der Waals surface area contributed by atoms with E-state index in [2.05, 4.69) is 0 Å². The van der Waals surface area contributed by atoms with Gasteiger partial charge in [-0.05, 0) is 0 Å². The fourth-order valence-corrected chi connectivity index (χ4v) is 0.839. The van der Waals surface area contributed by atoms with Gasteiger partial charge in [0.1, 0.15) is 0 Å². The van der Waals surface area contributed by atoms with E-state index in [9.17, 15) is 19.8 Å². The first-order valence-electron chi connectivity index (χ1n) is 4.67. The maximum Gasteiger partial charge on any atom is 1.00 e. The smallest absolute Gasteiger partial charge is 0.756 e. The van der Waals surface area contributed by atoms with Crippen molar-refractivity contribution in [3.8, 4) is 0 Å². The van der Waals surface area contributed by atoms with E-state index < -0.39 is 27.6 Å². The molecule has 1 rings (SSSR count). The minimum Gasteiger partial charge on any atom is -0.756 e. The van der Waals surface area contributed by atoms with Gasteiger partial charge >= 0.3 is 206 Å². The molecule has 126 valence electrons. The van der Waals surface area contributed by atoms with Crippen LogP contribution in [0, 0.1) is 0 Å². The molecular formula is C8H8K4O12P2. The standard InChI is InChI=1S/C8H6O4.4K.2H3O4P/c9-7(10)5-3-1-2-4-6(5)8(11)12;;;;;2*1-5(2,3)4/h1-4H,(H,9,10)(H,11,12);;;;;2*(H3,1,2,3,4)/q;4*+1;;/p-4. The van der Waals surface area contributed by atoms with Crippen molar-refractivity contribution in [2.45, 2.75) is 0 Å². The van der Waals surface area contributed by atoms with Crippen LogP contribution in [0.15, 0.2) is 24.3 Å². The van der Waals surface area contributed by atoms with Crippen molar-refractivity contribution >= 4 is 27.6 Å². The Hall–Kier alpha value is 4.93. The van der Waals surface area contributed by atoms with Crippen LogP contribution in [0.25, 0.3) is 0 Å². The summed E-state index contributed by atoms with van der Waals surface area (Å²) >= 11 is 0. The van der Waals surface area contributed by atoms with E-state index in [1.54, 1.807) is 0 Å². The van der Waals surface area contributed by atoms with Crippen LogP contribution in [0.1, 0.15) is 20.7 Å². The molecule has 0 amide bonds. The molecule has 0 bridgehead atoms. The van der Waals surface area contributed by atoms with Gasteiger partial charge in [0.05, 0.1) is 11.9 Å². The number of aromatic carboxylic acids is 2. The quantitative estimate of drug-likeness (QED) is 0.212. The number of carbonyl (C=O) groups excluding carboxylic acids is 2. The van der Waals surface area contributed by atoms with Crippen LogP contribution in [0.2, 0.25) is 0 Å². The molecule has 1 aromatic carbocycles. The maximum absolute atomic E-state index is 10.3. The Kier molecular flexibility index (Phi) is 39.6. The molecule has 0 saturated heterocycles. The summed E-state index contributed by atoms with van der Waals surface area (Å²) < 4.78 is 17.5. The van der Waals surface area contributed by atoms with Gasteiger partial charge in [-0.3, -0.25) is 9.13 Å². The van der Waals surface area contributed by atoms with Gasteiger partial charge in [-0.25, -0.2) is 0 Å². The van der Waals surface area contributed by atoms with Gasteiger partial charge < -0.3 is 49.2 Å². The average molecular weight is 514 g/mol. The van der Waals surface area contributed by atoms with Crippen molar-refractivity contribution in [2.24, 2.45) is 0 Å². The van der Waals surface area contributed by atoms with Crippen molar-refractivity contribution in [1.29, 1.82) is 0 Å². The molecule has 26 heavy (non-hydrogen) atoms. The number of carboxylic acid groups (broad SMARTS) is 2. The van der Waals surface area contributed by atoms with Crippen molar-refractivity contribution in [3.05, 3.63) is 35.4 Å². The zero-order valence-corrected chi connectivity index (χ0v) is 28.5. The van der Waals surface area contributed by atoms with E-state index in [4.69, 9.17) is 38.5 Å². The first kappa shape index (κ1) is 44.6. The molecule has 0 fully saturated rings. The molecule has 0 spiro atoms. The SMILES string of the molecule is O=C([O-])c1ccccc1C(=O)[O-].O=P([O-])(O)O.O=P([O-])(O)O.[K+].[K+].[K+].[K+]. The Morgan fingerprint density at radius 2 is 0.846 bits per heavy atom.